The molecule has 2 aromatic carbocycles. The molecule has 0 unspecified atom stereocenters. The van der Waals surface area contributed by atoms with Crippen LogP contribution in [-0.4, -0.2) is 58.7 Å². The molecule has 1 aliphatic rings. The Morgan fingerprint density at radius 2 is 1.73 bits per heavy atom. The lowest BCUT2D eigenvalue weighted by Gasteiger charge is -2.34. The van der Waals surface area contributed by atoms with Crippen LogP contribution in [0.15, 0.2) is 52.3 Å². The van der Waals surface area contributed by atoms with Gasteiger partial charge < -0.3 is 15.1 Å². The van der Waals surface area contributed by atoms with Crippen molar-refractivity contribution in [2.45, 2.75) is 23.3 Å². The number of benzene rings is 2. The fourth-order valence-corrected chi connectivity index (χ4v) is 4.87. The zero-order valence-electron chi connectivity index (χ0n) is 17.5. The van der Waals surface area contributed by atoms with Gasteiger partial charge in [-0.3, -0.25) is 4.79 Å². The molecular formula is C21H28N4O3S2. The maximum absolute atomic E-state index is 12.7. The maximum atomic E-state index is 12.7. The van der Waals surface area contributed by atoms with E-state index in [9.17, 15) is 13.2 Å². The van der Waals surface area contributed by atoms with Crippen molar-refractivity contribution in [2.75, 3.05) is 49.7 Å². The van der Waals surface area contributed by atoms with Crippen molar-refractivity contribution in [1.29, 1.82) is 0 Å². The molecule has 7 nitrogen and oxygen atoms in total. The van der Waals surface area contributed by atoms with Gasteiger partial charge in [-0.1, -0.05) is 12.1 Å². The molecule has 162 valence electrons. The molecule has 0 aliphatic carbocycles. The lowest BCUT2D eigenvalue weighted by molar-refractivity contribution is -0.114. The van der Waals surface area contributed by atoms with E-state index in [-0.39, 0.29) is 17.3 Å². The van der Waals surface area contributed by atoms with Gasteiger partial charge in [-0.25, -0.2) is 13.1 Å². The highest BCUT2D eigenvalue weighted by atomic mass is 32.2. The summed E-state index contributed by atoms with van der Waals surface area (Å²) < 4.78 is 28.1. The maximum Gasteiger partial charge on any atom is 0.240 e. The summed E-state index contributed by atoms with van der Waals surface area (Å²) >= 11 is 1.44. The average Bonchev–Trinajstić information content (AvgIpc) is 2.73. The highest BCUT2D eigenvalue weighted by molar-refractivity contribution is 7.98. The van der Waals surface area contributed by atoms with Crippen LogP contribution in [-0.2, 0) is 21.4 Å². The molecule has 3 rings (SSSR count). The monoisotopic (exact) mass is 448 g/mol. The van der Waals surface area contributed by atoms with Crippen LogP contribution in [0.25, 0.3) is 0 Å². The lowest BCUT2D eigenvalue weighted by Crippen LogP contribution is -2.44. The molecule has 1 heterocycles. The zero-order valence-corrected chi connectivity index (χ0v) is 19.1. The van der Waals surface area contributed by atoms with Crippen molar-refractivity contribution in [1.82, 2.24) is 9.62 Å². The van der Waals surface area contributed by atoms with Crippen LogP contribution < -0.4 is 14.9 Å². The van der Waals surface area contributed by atoms with Crippen molar-refractivity contribution in [3.05, 3.63) is 48.0 Å². The second kappa shape index (κ2) is 9.82. The molecule has 0 radical (unpaired) electrons. The summed E-state index contributed by atoms with van der Waals surface area (Å²) in [5.74, 6) is -0.242. The van der Waals surface area contributed by atoms with Gasteiger partial charge in [0, 0.05) is 50.2 Å². The second-order valence-electron chi connectivity index (χ2n) is 7.32. The summed E-state index contributed by atoms with van der Waals surface area (Å²) in [6.07, 6.45) is 1.87. The standard InChI is InChI=1S/C21H28N4O3S2/c1-16(26)23-20-14-19(8-9-21(20)29-3)30(27,28)22-15-17-4-6-18(7-5-17)25-12-10-24(2)11-13-25/h4-9,14,22H,10-13,15H2,1-3H3,(H,23,26). The van der Waals surface area contributed by atoms with Gasteiger partial charge in [0.15, 0.2) is 0 Å². The third-order valence-corrected chi connectivity index (χ3v) is 7.26. The normalized spacial score (nSPS) is 15.2. The molecule has 0 aromatic heterocycles. The Hall–Kier alpha value is -2.07. The number of likely N-dealkylation sites (N-methyl/N-ethyl adjacent to an activating group) is 1. The highest BCUT2D eigenvalue weighted by Crippen LogP contribution is 2.28. The minimum Gasteiger partial charge on any atom is -0.369 e. The number of carbonyl (C=O) groups excluding carboxylic acids is 1. The molecule has 1 fully saturated rings. The van der Waals surface area contributed by atoms with Crippen LogP contribution in [0.5, 0.6) is 0 Å². The van der Waals surface area contributed by atoms with Crippen molar-refractivity contribution >= 4 is 39.1 Å². The quantitative estimate of drug-likeness (QED) is 0.634. The number of amides is 1. The van der Waals surface area contributed by atoms with Crippen molar-refractivity contribution < 1.29 is 13.2 Å². The summed E-state index contributed by atoms with van der Waals surface area (Å²) in [6, 6.07) is 12.7. The zero-order chi connectivity index (χ0) is 21.7. The Labute approximate surface area is 182 Å². The fourth-order valence-electron chi connectivity index (χ4n) is 3.29. The van der Waals surface area contributed by atoms with E-state index in [1.165, 1.54) is 24.8 Å². The Balaban J connectivity index is 1.67. The molecule has 1 aliphatic heterocycles. The smallest absolute Gasteiger partial charge is 0.240 e. The lowest BCUT2D eigenvalue weighted by atomic mass is 10.2. The van der Waals surface area contributed by atoms with E-state index < -0.39 is 10.0 Å². The molecule has 0 bridgehead atoms. The number of nitrogens with one attached hydrogen (secondary N) is 2. The van der Waals surface area contributed by atoms with Gasteiger partial charge in [-0.05, 0) is 49.2 Å². The van der Waals surface area contributed by atoms with Gasteiger partial charge in [-0.2, -0.15) is 0 Å². The molecule has 0 atom stereocenters. The summed E-state index contributed by atoms with van der Waals surface area (Å²) in [4.78, 5) is 17.0. The number of rotatable bonds is 7. The van der Waals surface area contributed by atoms with E-state index in [0.717, 1.165) is 42.3 Å². The summed E-state index contributed by atoms with van der Waals surface area (Å²) in [5, 5.41) is 2.69. The van der Waals surface area contributed by atoms with Crippen LogP contribution in [0, 0.1) is 0 Å². The number of thioether (sulfide) groups is 1. The van der Waals surface area contributed by atoms with Crippen LogP contribution in [0.2, 0.25) is 0 Å². The van der Waals surface area contributed by atoms with Gasteiger partial charge in [-0.15, -0.1) is 11.8 Å². The minimum absolute atomic E-state index is 0.123. The first-order valence-corrected chi connectivity index (χ1v) is 12.5. The molecule has 30 heavy (non-hydrogen) atoms. The number of nitrogens with zero attached hydrogens (tertiary/aromatic N) is 2. The minimum atomic E-state index is -3.70. The van der Waals surface area contributed by atoms with Crippen LogP contribution in [0.3, 0.4) is 0 Å². The number of carbonyl (C=O) groups is 1. The van der Waals surface area contributed by atoms with Crippen molar-refractivity contribution in [3.63, 3.8) is 0 Å². The van der Waals surface area contributed by atoms with Crippen LogP contribution in [0.1, 0.15) is 12.5 Å². The van der Waals surface area contributed by atoms with Crippen LogP contribution in [0.4, 0.5) is 11.4 Å². The van der Waals surface area contributed by atoms with Gasteiger partial charge in [0.05, 0.1) is 10.6 Å². The topological polar surface area (TPSA) is 81.8 Å². The van der Waals surface area contributed by atoms with E-state index in [1.54, 1.807) is 12.1 Å². The number of hydrogen-bond donors (Lipinski definition) is 2. The molecule has 9 heteroatoms. The molecule has 2 N–H and O–H groups in total. The molecule has 2 aromatic rings. The van der Waals surface area contributed by atoms with Gasteiger partial charge in [0.2, 0.25) is 15.9 Å². The molecule has 0 saturated carbocycles. The first kappa shape index (κ1) is 22.6. The first-order chi connectivity index (χ1) is 14.3. The largest absolute Gasteiger partial charge is 0.369 e. The van der Waals surface area contributed by atoms with E-state index in [1.807, 2.05) is 30.5 Å². The Kier molecular flexibility index (Phi) is 7.41. The van der Waals surface area contributed by atoms with Gasteiger partial charge >= 0.3 is 0 Å². The van der Waals surface area contributed by atoms with Crippen molar-refractivity contribution in [3.8, 4) is 0 Å². The number of piperazine rings is 1. The van der Waals surface area contributed by atoms with Gasteiger partial charge in [0.1, 0.15) is 0 Å². The summed E-state index contributed by atoms with van der Waals surface area (Å²) in [6.45, 7) is 5.66. The summed E-state index contributed by atoms with van der Waals surface area (Å²) in [7, 11) is -1.58. The Bertz CT molecular complexity index is 986. The third-order valence-electron chi connectivity index (χ3n) is 5.06. The van der Waals surface area contributed by atoms with E-state index in [4.69, 9.17) is 0 Å². The van der Waals surface area contributed by atoms with Crippen molar-refractivity contribution in [2.24, 2.45) is 0 Å². The molecular weight excluding hydrogens is 420 g/mol. The predicted molar refractivity (Wildman–Crippen MR) is 123 cm³/mol. The number of sulfonamides is 1. The Morgan fingerprint density at radius 1 is 1.07 bits per heavy atom. The predicted octanol–water partition coefficient (Wildman–Crippen LogP) is 2.60. The van der Waals surface area contributed by atoms with Crippen LogP contribution >= 0.6 is 11.8 Å². The first-order valence-electron chi connectivity index (χ1n) is 9.76. The molecule has 1 amide bonds. The molecule has 1 saturated heterocycles. The number of anilines is 2. The Morgan fingerprint density at radius 3 is 2.33 bits per heavy atom. The van der Waals surface area contributed by atoms with E-state index in [2.05, 4.69) is 26.9 Å². The molecule has 0 spiro atoms. The SMILES string of the molecule is CSc1ccc(S(=O)(=O)NCc2ccc(N3CCN(C)CC3)cc2)cc1NC(C)=O. The highest BCUT2D eigenvalue weighted by Gasteiger charge is 2.17. The number of hydrogen-bond acceptors (Lipinski definition) is 6. The van der Waals surface area contributed by atoms with Gasteiger partial charge in [0.25, 0.3) is 0 Å². The fraction of sp³-hybridized carbons (Fsp3) is 0.381. The third kappa shape index (κ3) is 5.75. The summed E-state index contributed by atoms with van der Waals surface area (Å²) in [5.41, 5.74) is 2.54. The average molecular weight is 449 g/mol. The second-order valence-corrected chi connectivity index (χ2v) is 9.94. The van der Waals surface area contributed by atoms with E-state index in [0.29, 0.717) is 5.69 Å². The van der Waals surface area contributed by atoms with E-state index >= 15 is 0 Å².